The fourth-order valence-corrected chi connectivity index (χ4v) is 2.15. The molecule has 0 fully saturated rings. The van der Waals surface area contributed by atoms with Gasteiger partial charge in [0.05, 0.1) is 10.5 Å². The summed E-state index contributed by atoms with van der Waals surface area (Å²) in [6.07, 6.45) is 0. The fraction of sp³-hybridized carbons (Fsp3) is 0.125. The Hall–Kier alpha value is -0.570. The zero-order valence-electron chi connectivity index (χ0n) is 6.46. The van der Waals surface area contributed by atoms with Crippen LogP contribution in [0.5, 0.6) is 5.75 Å². The molecule has 1 aromatic rings. The van der Waals surface area contributed by atoms with Crippen LogP contribution in [-0.2, 0) is 0 Å². The van der Waals surface area contributed by atoms with Gasteiger partial charge in [-0.2, -0.15) is 5.26 Å². The molecule has 0 unspecified atom stereocenters. The van der Waals surface area contributed by atoms with Crippen molar-refractivity contribution in [3.63, 3.8) is 0 Å². The number of rotatable bonds is 1. The maximum Gasteiger partial charge on any atom is 0.135 e. The van der Waals surface area contributed by atoms with Crippen molar-refractivity contribution in [2.24, 2.45) is 5.73 Å². The van der Waals surface area contributed by atoms with Gasteiger partial charge >= 0.3 is 0 Å². The molecule has 0 aliphatic heterocycles. The zero-order valence-corrected chi connectivity index (χ0v) is 9.63. The first kappa shape index (κ1) is 10.5. The van der Waals surface area contributed by atoms with Gasteiger partial charge in [-0.3, -0.25) is 0 Å². The number of nitrogens with zero attached hydrogens (tertiary/aromatic N) is 1. The lowest BCUT2D eigenvalue weighted by Gasteiger charge is -2.08. The molecule has 68 valence electrons. The van der Waals surface area contributed by atoms with Crippen LogP contribution in [0.2, 0.25) is 0 Å². The van der Waals surface area contributed by atoms with E-state index in [2.05, 4.69) is 31.9 Å². The van der Waals surface area contributed by atoms with E-state index in [4.69, 9.17) is 11.0 Å². The van der Waals surface area contributed by atoms with Crippen molar-refractivity contribution >= 4 is 31.9 Å². The van der Waals surface area contributed by atoms with Gasteiger partial charge in [-0.25, -0.2) is 0 Å². The number of benzene rings is 1. The Kier molecular flexibility index (Phi) is 3.31. The van der Waals surface area contributed by atoms with Crippen LogP contribution in [-0.4, -0.2) is 5.11 Å². The average Bonchev–Trinajstić information content (AvgIpc) is 2.10. The van der Waals surface area contributed by atoms with E-state index < -0.39 is 6.04 Å². The van der Waals surface area contributed by atoms with Gasteiger partial charge in [-0.15, -0.1) is 0 Å². The van der Waals surface area contributed by atoms with Gasteiger partial charge in [-0.05, 0) is 28.1 Å². The van der Waals surface area contributed by atoms with Gasteiger partial charge in [0.1, 0.15) is 11.8 Å². The smallest absolute Gasteiger partial charge is 0.135 e. The zero-order chi connectivity index (χ0) is 10.0. The number of hydrogen-bond donors (Lipinski definition) is 2. The van der Waals surface area contributed by atoms with Crippen LogP contribution in [0.4, 0.5) is 0 Å². The maximum absolute atomic E-state index is 9.52. The Labute approximate surface area is 92.4 Å². The summed E-state index contributed by atoms with van der Waals surface area (Å²) in [6, 6.07) is 4.34. The Morgan fingerprint density at radius 1 is 1.46 bits per heavy atom. The van der Waals surface area contributed by atoms with E-state index in [-0.39, 0.29) is 5.75 Å². The Bertz CT molecular complexity index is 373. The first-order valence-corrected chi connectivity index (χ1v) is 4.98. The second-order valence-electron chi connectivity index (χ2n) is 2.43. The van der Waals surface area contributed by atoms with Gasteiger partial charge < -0.3 is 10.8 Å². The van der Waals surface area contributed by atoms with Crippen LogP contribution in [0.25, 0.3) is 0 Å². The number of nitrogens with two attached hydrogens (primary N) is 1. The van der Waals surface area contributed by atoms with Crippen LogP contribution in [0, 0.1) is 11.3 Å². The van der Waals surface area contributed by atoms with E-state index in [9.17, 15) is 5.11 Å². The highest BCUT2D eigenvalue weighted by atomic mass is 79.9. The van der Waals surface area contributed by atoms with Gasteiger partial charge in [0.15, 0.2) is 0 Å². The Morgan fingerprint density at radius 2 is 2.08 bits per heavy atom. The molecule has 0 amide bonds. The van der Waals surface area contributed by atoms with Crippen molar-refractivity contribution in [2.75, 3.05) is 0 Å². The van der Waals surface area contributed by atoms with Gasteiger partial charge in [0.25, 0.3) is 0 Å². The van der Waals surface area contributed by atoms with Gasteiger partial charge in [0, 0.05) is 10.0 Å². The van der Waals surface area contributed by atoms with Crippen LogP contribution in [0.15, 0.2) is 21.1 Å². The second kappa shape index (κ2) is 4.09. The molecular weight excluding hydrogens is 300 g/mol. The summed E-state index contributed by atoms with van der Waals surface area (Å²) < 4.78 is 1.28. The van der Waals surface area contributed by atoms with Crippen LogP contribution < -0.4 is 5.73 Å². The van der Waals surface area contributed by atoms with E-state index in [1.54, 1.807) is 12.1 Å². The van der Waals surface area contributed by atoms with Gasteiger partial charge in [0.2, 0.25) is 0 Å². The van der Waals surface area contributed by atoms with E-state index >= 15 is 0 Å². The summed E-state index contributed by atoms with van der Waals surface area (Å²) in [5.41, 5.74) is 5.88. The van der Waals surface area contributed by atoms with E-state index in [1.165, 1.54) is 0 Å². The first-order valence-electron chi connectivity index (χ1n) is 3.39. The monoisotopic (exact) mass is 304 g/mol. The van der Waals surface area contributed by atoms with Crippen molar-refractivity contribution < 1.29 is 5.11 Å². The highest BCUT2D eigenvalue weighted by Crippen LogP contribution is 2.34. The van der Waals surface area contributed by atoms with Crippen molar-refractivity contribution in [3.05, 3.63) is 26.6 Å². The predicted molar refractivity (Wildman–Crippen MR) is 56.0 cm³/mol. The van der Waals surface area contributed by atoms with Crippen molar-refractivity contribution in [1.82, 2.24) is 0 Å². The highest BCUT2D eigenvalue weighted by Gasteiger charge is 2.13. The molecule has 5 heteroatoms. The number of hydrogen-bond acceptors (Lipinski definition) is 3. The number of nitriles is 1. The number of aromatic hydroxyl groups is 1. The minimum absolute atomic E-state index is 0.0113. The standard InChI is InChI=1S/C8H6Br2N2O/c9-4-1-5(7(12)3-11)8(13)6(10)2-4/h1-2,7,13H,12H2/t7-/m0/s1. The number of halogens is 2. The Morgan fingerprint density at radius 3 is 2.62 bits per heavy atom. The van der Waals surface area contributed by atoms with E-state index in [1.807, 2.05) is 6.07 Å². The minimum atomic E-state index is -0.811. The molecule has 0 spiro atoms. The largest absolute Gasteiger partial charge is 0.506 e. The summed E-state index contributed by atoms with van der Waals surface area (Å²) in [4.78, 5) is 0. The molecule has 0 aliphatic carbocycles. The topological polar surface area (TPSA) is 70.0 Å². The summed E-state index contributed by atoms with van der Waals surface area (Å²) in [6.45, 7) is 0. The molecule has 1 rings (SSSR count). The molecule has 1 atom stereocenters. The first-order chi connectivity index (χ1) is 6.06. The molecule has 3 nitrogen and oxygen atoms in total. The van der Waals surface area contributed by atoms with Crippen LogP contribution in [0.1, 0.15) is 11.6 Å². The summed E-state index contributed by atoms with van der Waals surface area (Å²) >= 11 is 6.39. The molecular formula is C8H6Br2N2O. The van der Waals surface area contributed by atoms with Crippen LogP contribution in [0.3, 0.4) is 0 Å². The second-order valence-corrected chi connectivity index (χ2v) is 4.20. The molecule has 0 aromatic heterocycles. The van der Waals surface area contributed by atoms with E-state index in [0.717, 1.165) is 4.47 Å². The SMILES string of the molecule is N#C[C@H](N)c1cc(Br)cc(Br)c1O. The maximum atomic E-state index is 9.52. The molecule has 0 radical (unpaired) electrons. The molecule has 0 saturated heterocycles. The average molecular weight is 306 g/mol. The predicted octanol–water partition coefficient (Wildman–Crippen LogP) is 2.44. The van der Waals surface area contributed by atoms with Gasteiger partial charge in [-0.1, -0.05) is 15.9 Å². The lowest BCUT2D eigenvalue weighted by Crippen LogP contribution is -2.07. The third-order valence-electron chi connectivity index (χ3n) is 1.53. The Balaban J connectivity index is 3.30. The summed E-state index contributed by atoms with van der Waals surface area (Å²) in [5, 5.41) is 18.1. The summed E-state index contributed by atoms with van der Waals surface area (Å²) in [5.74, 6) is 0.0113. The fourth-order valence-electron chi connectivity index (χ4n) is 0.893. The molecule has 3 N–H and O–H groups in total. The normalized spacial score (nSPS) is 12.2. The highest BCUT2D eigenvalue weighted by molar-refractivity contribution is 9.11. The number of phenolic OH excluding ortho intramolecular Hbond substituents is 1. The minimum Gasteiger partial charge on any atom is -0.506 e. The molecule has 0 saturated carbocycles. The molecule has 0 aliphatic rings. The van der Waals surface area contributed by atoms with E-state index in [0.29, 0.717) is 10.0 Å². The third-order valence-corrected chi connectivity index (χ3v) is 2.59. The number of phenols is 1. The molecule has 13 heavy (non-hydrogen) atoms. The summed E-state index contributed by atoms with van der Waals surface area (Å²) in [7, 11) is 0. The molecule has 1 aromatic carbocycles. The van der Waals surface area contributed by atoms with Crippen molar-refractivity contribution in [1.29, 1.82) is 5.26 Å². The van der Waals surface area contributed by atoms with Crippen molar-refractivity contribution in [3.8, 4) is 11.8 Å². The molecule has 0 bridgehead atoms. The lowest BCUT2D eigenvalue weighted by molar-refractivity contribution is 0.462. The third kappa shape index (κ3) is 2.21. The lowest BCUT2D eigenvalue weighted by atomic mass is 10.1. The molecule has 0 heterocycles. The van der Waals surface area contributed by atoms with Crippen molar-refractivity contribution in [2.45, 2.75) is 6.04 Å². The van der Waals surface area contributed by atoms with Crippen LogP contribution >= 0.6 is 31.9 Å². The quantitative estimate of drug-likeness (QED) is 0.837.